The van der Waals surface area contributed by atoms with Crippen molar-refractivity contribution in [3.63, 3.8) is 0 Å². The van der Waals surface area contributed by atoms with Gasteiger partial charge in [-0.05, 0) is 12.8 Å². The molecule has 0 aromatic heterocycles. The topological polar surface area (TPSA) is 49.7 Å². The van der Waals surface area contributed by atoms with E-state index in [9.17, 15) is 5.11 Å². The number of ether oxygens (including phenoxy) is 1. The number of aliphatic hydroxyl groups excluding tert-OH is 2. The number of hydrogen-bond donors (Lipinski definition) is 2. The minimum atomic E-state index is -0.591. The summed E-state index contributed by atoms with van der Waals surface area (Å²) in [5.41, 5.74) is -0.132. The summed E-state index contributed by atoms with van der Waals surface area (Å²) in [6.45, 7) is 3.26. The van der Waals surface area contributed by atoms with Crippen molar-refractivity contribution in [1.29, 1.82) is 0 Å². The zero-order valence-electron chi connectivity index (χ0n) is 6.92. The van der Waals surface area contributed by atoms with Gasteiger partial charge in [-0.1, -0.05) is 6.92 Å². The molecule has 0 radical (unpaired) electrons. The molecule has 11 heavy (non-hydrogen) atoms. The lowest BCUT2D eigenvalue weighted by Gasteiger charge is -2.36. The lowest BCUT2D eigenvalue weighted by molar-refractivity contribution is -0.0699. The Kier molecular flexibility index (Phi) is 2.87. The van der Waals surface area contributed by atoms with E-state index in [4.69, 9.17) is 9.84 Å². The molecular weight excluding hydrogens is 144 g/mol. The van der Waals surface area contributed by atoms with Gasteiger partial charge in [0.2, 0.25) is 0 Å². The molecule has 0 amide bonds. The van der Waals surface area contributed by atoms with Crippen LogP contribution in [0.5, 0.6) is 0 Å². The van der Waals surface area contributed by atoms with E-state index in [1.54, 1.807) is 0 Å². The van der Waals surface area contributed by atoms with Gasteiger partial charge in [0, 0.05) is 18.6 Å². The molecule has 0 saturated carbocycles. The summed E-state index contributed by atoms with van der Waals surface area (Å²) in [7, 11) is 0. The smallest absolute Gasteiger partial charge is 0.0826 e. The average molecular weight is 160 g/mol. The second-order valence-electron chi connectivity index (χ2n) is 3.46. The molecule has 0 bridgehead atoms. The highest BCUT2D eigenvalue weighted by Crippen LogP contribution is 2.33. The third-order valence-electron chi connectivity index (χ3n) is 2.61. The quantitative estimate of drug-likeness (QED) is 0.605. The van der Waals surface area contributed by atoms with Gasteiger partial charge in [-0.2, -0.15) is 0 Å². The Bertz CT molecular complexity index is 119. The minimum Gasteiger partial charge on any atom is -0.394 e. The van der Waals surface area contributed by atoms with Crippen molar-refractivity contribution in [2.45, 2.75) is 25.9 Å². The molecular formula is C8H16O3. The van der Waals surface area contributed by atoms with Crippen LogP contribution in [-0.2, 0) is 4.74 Å². The van der Waals surface area contributed by atoms with E-state index in [1.165, 1.54) is 0 Å². The highest BCUT2D eigenvalue weighted by atomic mass is 16.5. The number of hydrogen-bond acceptors (Lipinski definition) is 3. The van der Waals surface area contributed by atoms with Crippen LogP contribution in [0.2, 0.25) is 0 Å². The summed E-state index contributed by atoms with van der Waals surface area (Å²) < 4.78 is 5.17. The standard InChI is InChI=1S/C8H16O3/c1-8(7(10)6-9)2-4-11-5-3-8/h7,9-10H,2-6H2,1H3. The summed E-state index contributed by atoms with van der Waals surface area (Å²) in [5.74, 6) is 0. The van der Waals surface area contributed by atoms with E-state index < -0.39 is 6.10 Å². The molecule has 3 nitrogen and oxygen atoms in total. The predicted molar refractivity (Wildman–Crippen MR) is 41.3 cm³/mol. The Morgan fingerprint density at radius 2 is 2.00 bits per heavy atom. The molecule has 3 heteroatoms. The molecule has 1 aliphatic rings. The van der Waals surface area contributed by atoms with Gasteiger partial charge in [0.15, 0.2) is 0 Å². The average Bonchev–Trinajstić information content (AvgIpc) is 2.04. The summed E-state index contributed by atoms with van der Waals surface area (Å²) in [5, 5.41) is 18.2. The van der Waals surface area contributed by atoms with E-state index in [0.29, 0.717) is 13.2 Å². The fraction of sp³-hybridized carbons (Fsp3) is 1.00. The van der Waals surface area contributed by atoms with Crippen LogP contribution in [0.15, 0.2) is 0 Å². The minimum absolute atomic E-state index is 0.132. The van der Waals surface area contributed by atoms with Crippen LogP contribution in [0.3, 0.4) is 0 Å². The predicted octanol–water partition coefficient (Wildman–Crippen LogP) is 0.156. The van der Waals surface area contributed by atoms with E-state index in [2.05, 4.69) is 0 Å². The van der Waals surface area contributed by atoms with Gasteiger partial charge in [-0.3, -0.25) is 0 Å². The van der Waals surface area contributed by atoms with Crippen molar-refractivity contribution in [2.75, 3.05) is 19.8 Å². The molecule has 1 unspecified atom stereocenters. The highest BCUT2D eigenvalue weighted by Gasteiger charge is 2.34. The van der Waals surface area contributed by atoms with Gasteiger partial charge in [0.25, 0.3) is 0 Å². The zero-order chi connectivity index (χ0) is 8.32. The lowest BCUT2D eigenvalue weighted by Crippen LogP contribution is -2.39. The van der Waals surface area contributed by atoms with Gasteiger partial charge >= 0.3 is 0 Å². The van der Waals surface area contributed by atoms with E-state index in [-0.39, 0.29) is 12.0 Å². The van der Waals surface area contributed by atoms with Crippen LogP contribution in [0.4, 0.5) is 0 Å². The lowest BCUT2D eigenvalue weighted by atomic mass is 9.77. The second-order valence-corrected chi connectivity index (χ2v) is 3.46. The van der Waals surface area contributed by atoms with Gasteiger partial charge in [-0.15, -0.1) is 0 Å². The normalized spacial score (nSPS) is 26.5. The first-order valence-electron chi connectivity index (χ1n) is 4.06. The second kappa shape index (κ2) is 3.52. The molecule has 2 N–H and O–H groups in total. The molecule has 1 fully saturated rings. The third kappa shape index (κ3) is 1.92. The molecule has 1 aliphatic heterocycles. The van der Waals surface area contributed by atoms with Gasteiger partial charge in [-0.25, -0.2) is 0 Å². The number of rotatable bonds is 2. The molecule has 1 rings (SSSR count). The van der Waals surface area contributed by atoms with E-state index in [1.807, 2.05) is 6.92 Å². The van der Waals surface area contributed by atoms with Gasteiger partial charge in [0.05, 0.1) is 12.7 Å². The maximum atomic E-state index is 9.44. The van der Waals surface area contributed by atoms with Crippen LogP contribution in [0.25, 0.3) is 0 Å². The van der Waals surface area contributed by atoms with Crippen LogP contribution in [-0.4, -0.2) is 36.1 Å². The fourth-order valence-electron chi connectivity index (χ4n) is 1.39. The molecule has 0 aliphatic carbocycles. The zero-order valence-corrected chi connectivity index (χ0v) is 6.92. The molecule has 1 heterocycles. The first kappa shape index (κ1) is 8.97. The first-order chi connectivity index (χ1) is 5.19. The largest absolute Gasteiger partial charge is 0.394 e. The van der Waals surface area contributed by atoms with E-state index >= 15 is 0 Å². The van der Waals surface area contributed by atoms with Crippen molar-refractivity contribution in [2.24, 2.45) is 5.41 Å². The Morgan fingerprint density at radius 3 is 2.45 bits per heavy atom. The molecule has 0 spiro atoms. The molecule has 1 atom stereocenters. The SMILES string of the molecule is CC1(C(O)CO)CCOCC1. The maximum Gasteiger partial charge on any atom is 0.0826 e. The Labute approximate surface area is 67.0 Å². The summed E-state index contributed by atoms with van der Waals surface area (Å²) in [6.07, 6.45) is 1.09. The molecule has 1 saturated heterocycles. The molecule has 0 aromatic carbocycles. The maximum absolute atomic E-state index is 9.44. The third-order valence-corrected chi connectivity index (χ3v) is 2.61. The van der Waals surface area contributed by atoms with Crippen LogP contribution < -0.4 is 0 Å². The van der Waals surface area contributed by atoms with E-state index in [0.717, 1.165) is 12.8 Å². The van der Waals surface area contributed by atoms with Crippen LogP contribution in [0, 0.1) is 5.41 Å². The highest BCUT2D eigenvalue weighted by molar-refractivity contribution is 4.83. The Morgan fingerprint density at radius 1 is 1.45 bits per heavy atom. The van der Waals surface area contributed by atoms with Crippen molar-refractivity contribution in [1.82, 2.24) is 0 Å². The van der Waals surface area contributed by atoms with Crippen molar-refractivity contribution in [3.8, 4) is 0 Å². The number of aliphatic hydroxyl groups is 2. The monoisotopic (exact) mass is 160 g/mol. The summed E-state index contributed by atoms with van der Waals surface area (Å²) >= 11 is 0. The van der Waals surface area contributed by atoms with Crippen molar-refractivity contribution < 1.29 is 14.9 Å². The van der Waals surface area contributed by atoms with Gasteiger partial charge < -0.3 is 14.9 Å². The molecule has 66 valence electrons. The Balaban J connectivity index is 2.49. The summed E-state index contributed by atoms with van der Waals surface area (Å²) in [4.78, 5) is 0. The fourth-order valence-corrected chi connectivity index (χ4v) is 1.39. The van der Waals surface area contributed by atoms with Crippen LogP contribution in [0.1, 0.15) is 19.8 Å². The van der Waals surface area contributed by atoms with Gasteiger partial charge in [0.1, 0.15) is 0 Å². The van der Waals surface area contributed by atoms with Crippen molar-refractivity contribution in [3.05, 3.63) is 0 Å². The Hall–Kier alpha value is -0.120. The summed E-state index contributed by atoms with van der Waals surface area (Å²) in [6, 6.07) is 0. The van der Waals surface area contributed by atoms with Crippen LogP contribution >= 0.6 is 0 Å². The first-order valence-corrected chi connectivity index (χ1v) is 4.06. The van der Waals surface area contributed by atoms with Crippen molar-refractivity contribution >= 4 is 0 Å². The molecule has 0 aromatic rings.